The molecule has 126 valence electrons. The van der Waals surface area contributed by atoms with E-state index in [9.17, 15) is 0 Å². The van der Waals surface area contributed by atoms with Crippen molar-refractivity contribution in [2.75, 3.05) is 33.4 Å². The highest BCUT2D eigenvalue weighted by Crippen LogP contribution is 2.34. The van der Waals surface area contributed by atoms with Crippen LogP contribution in [-0.2, 0) is 4.74 Å². The van der Waals surface area contributed by atoms with Gasteiger partial charge in [-0.2, -0.15) is 0 Å². The van der Waals surface area contributed by atoms with Crippen LogP contribution in [-0.4, -0.2) is 50.3 Å². The molecule has 1 saturated carbocycles. The molecular formula is C18H38N2O. The summed E-state index contributed by atoms with van der Waals surface area (Å²) in [4.78, 5) is 2.60. The van der Waals surface area contributed by atoms with Gasteiger partial charge in [0.2, 0.25) is 0 Å². The molecule has 1 aliphatic rings. The molecule has 0 amide bonds. The molecule has 0 heterocycles. The second-order valence-electron chi connectivity index (χ2n) is 7.13. The van der Waals surface area contributed by atoms with Gasteiger partial charge in [0.05, 0.1) is 6.61 Å². The number of rotatable bonds is 9. The van der Waals surface area contributed by atoms with Gasteiger partial charge in [0.1, 0.15) is 0 Å². The molecule has 0 bridgehead atoms. The van der Waals surface area contributed by atoms with Crippen LogP contribution in [0.15, 0.2) is 0 Å². The van der Waals surface area contributed by atoms with Crippen molar-refractivity contribution in [3.63, 3.8) is 0 Å². The van der Waals surface area contributed by atoms with E-state index in [-0.39, 0.29) is 0 Å². The van der Waals surface area contributed by atoms with Gasteiger partial charge < -0.3 is 10.1 Å². The molecule has 1 fully saturated rings. The van der Waals surface area contributed by atoms with Crippen molar-refractivity contribution in [2.45, 2.75) is 66.0 Å². The van der Waals surface area contributed by atoms with Crippen molar-refractivity contribution >= 4 is 0 Å². The molecule has 3 heteroatoms. The zero-order valence-electron chi connectivity index (χ0n) is 15.2. The number of likely N-dealkylation sites (N-methyl/N-ethyl adjacent to an activating group) is 1. The van der Waals surface area contributed by atoms with Crippen LogP contribution in [0.3, 0.4) is 0 Å². The van der Waals surface area contributed by atoms with Crippen LogP contribution < -0.4 is 5.32 Å². The molecule has 1 aliphatic carbocycles. The van der Waals surface area contributed by atoms with Gasteiger partial charge >= 0.3 is 0 Å². The fourth-order valence-corrected chi connectivity index (χ4v) is 3.91. The first-order valence-electron chi connectivity index (χ1n) is 8.99. The van der Waals surface area contributed by atoms with Crippen molar-refractivity contribution in [3.8, 4) is 0 Å². The van der Waals surface area contributed by atoms with Gasteiger partial charge in [-0.15, -0.1) is 0 Å². The Balaban J connectivity index is 2.67. The number of hydrogen-bond acceptors (Lipinski definition) is 3. The first-order chi connectivity index (χ1) is 10.0. The lowest BCUT2D eigenvalue weighted by atomic mass is 9.73. The van der Waals surface area contributed by atoms with Crippen molar-refractivity contribution < 1.29 is 4.74 Å². The van der Waals surface area contributed by atoms with Gasteiger partial charge in [-0.25, -0.2) is 0 Å². The van der Waals surface area contributed by atoms with E-state index in [4.69, 9.17) is 4.74 Å². The largest absolute Gasteiger partial charge is 0.383 e. The minimum Gasteiger partial charge on any atom is -0.383 e. The fourth-order valence-electron chi connectivity index (χ4n) is 3.91. The van der Waals surface area contributed by atoms with Crippen LogP contribution in [0.2, 0.25) is 0 Å². The van der Waals surface area contributed by atoms with E-state index in [1.165, 1.54) is 25.8 Å². The summed E-state index contributed by atoms with van der Waals surface area (Å²) in [5.74, 6) is 2.51. The average molecular weight is 299 g/mol. The summed E-state index contributed by atoms with van der Waals surface area (Å²) < 4.78 is 5.35. The molecule has 0 spiro atoms. The molecular weight excluding hydrogens is 260 g/mol. The summed E-state index contributed by atoms with van der Waals surface area (Å²) in [5.41, 5.74) is 0. The minimum atomic E-state index is 0.515. The van der Waals surface area contributed by atoms with Crippen LogP contribution in [0, 0.1) is 17.8 Å². The fraction of sp³-hybridized carbons (Fsp3) is 1.00. The van der Waals surface area contributed by atoms with Crippen LogP contribution in [0.5, 0.6) is 0 Å². The summed E-state index contributed by atoms with van der Waals surface area (Å²) >= 11 is 0. The molecule has 0 aliphatic heterocycles. The Labute approximate surface area is 132 Å². The maximum atomic E-state index is 5.35. The molecule has 3 nitrogen and oxygen atoms in total. The van der Waals surface area contributed by atoms with Crippen LogP contribution in [0.1, 0.15) is 53.9 Å². The Morgan fingerprint density at radius 1 is 1.19 bits per heavy atom. The van der Waals surface area contributed by atoms with Crippen molar-refractivity contribution in [1.29, 1.82) is 0 Å². The highest BCUT2D eigenvalue weighted by Gasteiger charge is 2.32. The smallest absolute Gasteiger partial charge is 0.0615 e. The van der Waals surface area contributed by atoms with Gasteiger partial charge in [-0.05, 0) is 57.0 Å². The van der Waals surface area contributed by atoms with Crippen LogP contribution >= 0.6 is 0 Å². The number of nitrogens with one attached hydrogen (secondary N) is 1. The van der Waals surface area contributed by atoms with E-state index in [2.05, 4.69) is 44.8 Å². The predicted molar refractivity (Wildman–Crippen MR) is 91.7 cm³/mol. The first kappa shape index (κ1) is 18.9. The summed E-state index contributed by atoms with van der Waals surface area (Å²) in [6.07, 6.45) is 4.12. The van der Waals surface area contributed by atoms with E-state index >= 15 is 0 Å². The molecule has 4 unspecified atom stereocenters. The SMILES string of the molecule is CCNC1CCC(C(C)C)CC1CN(CC)C(C)COC. The maximum absolute atomic E-state index is 5.35. The lowest BCUT2D eigenvalue weighted by Crippen LogP contribution is -2.48. The predicted octanol–water partition coefficient (Wildman–Crippen LogP) is 3.39. The summed E-state index contributed by atoms with van der Waals surface area (Å²) in [7, 11) is 1.81. The molecule has 0 aromatic heterocycles. The van der Waals surface area contributed by atoms with Crippen LogP contribution in [0.4, 0.5) is 0 Å². The zero-order valence-corrected chi connectivity index (χ0v) is 15.2. The third-order valence-electron chi connectivity index (χ3n) is 5.34. The molecule has 0 saturated heterocycles. The minimum absolute atomic E-state index is 0.515. The Morgan fingerprint density at radius 3 is 2.43 bits per heavy atom. The van der Waals surface area contributed by atoms with E-state index in [1.807, 2.05) is 0 Å². The Hall–Kier alpha value is -0.120. The second-order valence-corrected chi connectivity index (χ2v) is 7.13. The summed E-state index contributed by atoms with van der Waals surface area (Å²) in [5, 5.41) is 3.74. The molecule has 0 aromatic carbocycles. The molecule has 1 rings (SSSR count). The lowest BCUT2D eigenvalue weighted by Gasteiger charge is -2.41. The van der Waals surface area contributed by atoms with E-state index < -0.39 is 0 Å². The average Bonchev–Trinajstić information content (AvgIpc) is 2.46. The quantitative estimate of drug-likeness (QED) is 0.706. The Kier molecular flexibility index (Phi) is 8.84. The van der Waals surface area contributed by atoms with Gasteiger partial charge in [0.25, 0.3) is 0 Å². The highest BCUT2D eigenvalue weighted by molar-refractivity contribution is 4.88. The van der Waals surface area contributed by atoms with Crippen molar-refractivity contribution in [1.82, 2.24) is 10.2 Å². The van der Waals surface area contributed by atoms with Crippen molar-refractivity contribution in [3.05, 3.63) is 0 Å². The summed E-state index contributed by atoms with van der Waals surface area (Å²) in [6.45, 7) is 15.8. The zero-order chi connectivity index (χ0) is 15.8. The number of nitrogens with zero attached hydrogens (tertiary/aromatic N) is 1. The standard InChI is InChI=1S/C18H38N2O/c1-7-19-18-10-9-16(14(3)4)11-17(18)12-20(8-2)15(5)13-21-6/h14-19H,7-13H2,1-6H3. The lowest BCUT2D eigenvalue weighted by molar-refractivity contribution is 0.0666. The Bertz CT molecular complexity index is 270. The normalized spacial score (nSPS) is 28.3. The van der Waals surface area contributed by atoms with Gasteiger partial charge in [-0.3, -0.25) is 4.90 Å². The summed E-state index contributed by atoms with van der Waals surface area (Å²) in [6, 6.07) is 1.22. The number of hydrogen-bond donors (Lipinski definition) is 1. The number of methoxy groups -OCH3 is 1. The maximum Gasteiger partial charge on any atom is 0.0615 e. The molecule has 21 heavy (non-hydrogen) atoms. The monoisotopic (exact) mass is 298 g/mol. The van der Waals surface area contributed by atoms with Crippen LogP contribution in [0.25, 0.3) is 0 Å². The second kappa shape index (κ2) is 9.81. The van der Waals surface area contributed by atoms with E-state index in [1.54, 1.807) is 7.11 Å². The van der Waals surface area contributed by atoms with E-state index in [0.717, 1.165) is 37.5 Å². The van der Waals surface area contributed by atoms with Crippen molar-refractivity contribution in [2.24, 2.45) is 17.8 Å². The van der Waals surface area contributed by atoms with Gasteiger partial charge in [-0.1, -0.05) is 27.7 Å². The highest BCUT2D eigenvalue weighted by atomic mass is 16.5. The molecule has 4 atom stereocenters. The van der Waals surface area contributed by atoms with E-state index in [0.29, 0.717) is 12.1 Å². The third kappa shape index (κ3) is 5.88. The van der Waals surface area contributed by atoms with Gasteiger partial charge in [0.15, 0.2) is 0 Å². The molecule has 0 aromatic rings. The molecule has 1 N–H and O–H groups in total. The first-order valence-corrected chi connectivity index (χ1v) is 8.99. The number of ether oxygens (including phenoxy) is 1. The Morgan fingerprint density at radius 2 is 1.90 bits per heavy atom. The third-order valence-corrected chi connectivity index (χ3v) is 5.34. The van der Waals surface area contributed by atoms with Gasteiger partial charge in [0, 0.05) is 25.7 Å². The topological polar surface area (TPSA) is 24.5 Å². The molecule has 0 radical (unpaired) electrons.